The van der Waals surface area contributed by atoms with Gasteiger partial charge in [0.1, 0.15) is 11.9 Å². The number of carbonyl (C=O) groups is 1. The average molecular weight is 370 g/mol. The number of piperidine rings is 1. The molecule has 0 radical (unpaired) electrons. The molecule has 1 aromatic carbocycles. The quantitative estimate of drug-likeness (QED) is 0.746. The van der Waals surface area contributed by atoms with Gasteiger partial charge in [0.2, 0.25) is 0 Å². The molecular formula is C21H26N2O4. The van der Waals surface area contributed by atoms with Crippen molar-refractivity contribution in [3.05, 3.63) is 48.3 Å². The summed E-state index contributed by atoms with van der Waals surface area (Å²) in [5, 5.41) is 0. The van der Waals surface area contributed by atoms with E-state index in [1.54, 1.807) is 30.6 Å². The summed E-state index contributed by atoms with van der Waals surface area (Å²) in [6.45, 7) is 6.25. The number of hydrogen-bond donors (Lipinski definition) is 0. The zero-order valence-corrected chi connectivity index (χ0v) is 15.9. The molecule has 27 heavy (non-hydrogen) atoms. The number of hydrogen-bond acceptors (Lipinski definition) is 5. The van der Waals surface area contributed by atoms with Crippen molar-refractivity contribution in [2.75, 3.05) is 26.3 Å². The van der Waals surface area contributed by atoms with Crippen molar-refractivity contribution in [1.82, 2.24) is 9.88 Å². The maximum absolute atomic E-state index is 12.9. The summed E-state index contributed by atoms with van der Waals surface area (Å²) in [5.74, 6) is 2.06. The number of likely N-dealkylation sites (tertiary alicyclic amines) is 1. The first kappa shape index (κ1) is 19.0. The van der Waals surface area contributed by atoms with Gasteiger partial charge in [0.15, 0.2) is 11.5 Å². The third-order valence-corrected chi connectivity index (χ3v) is 4.46. The lowest BCUT2D eigenvalue weighted by Crippen LogP contribution is -2.41. The average Bonchev–Trinajstić information content (AvgIpc) is 2.70. The van der Waals surface area contributed by atoms with E-state index in [-0.39, 0.29) is 12.0 Å². The van der Waals surface area contributed by atoms with Crippen molar-refractivity contribution in [3.63, 3.8) is 0 Å². The van der Waals surface area contributed by atoms with Crippen molar-refractivity contribution < 1.29 is 19.0 Å². The number of carbonyl (C=O) groups excluding carboxylic acids is 1. The van der Waals surface area contributed by atoms with Crippen LogP contribution in [0.1, 0.15) is 37.0 Å². The van der Waals surface area contributed by atoms with Crippen LogP contribution in [0.15, 0.2) is 42.7 Å². The molecule has 3 rings (SSSR count). The number of rotatable bonds is 7. The lowest BCUT2D eigenvalue weighted by Gasteiger charge is -2.32. The van der Waals surface area contributed by atoms with Crippen LogP contribution in [0.4, 0.5) is 0 Å². The van der Waals surface area contributed by atoms with E-state index in [0.717, 1.165) is 18.6 Å². The summed E-state index contributed by atoms with van der Waals surface area (Å²) in [5.41, 5.74) is 0.619. The maximum atomic E-state index is 12.9. The van der Waals surface area contributed by atoms with E-state index in [2.05, 4.69) is 4.98 Å². The van der Waals surface area contributed by atoms with Crippen molar-refractivity contribution in [2.24, 2.45) is 0 Å². The number of ether oxygens (including phenoxy) is 3. The molecule has 0 saturated carbocycles. The van der Waals surface area contributed by atoms with Crippen LogP contribution in [0, 0.1) is 0 Å². The van der Waals surface area contributed by atoms with Gasteiger partial charge in [-0.15, -0.1) is 0 Å². The van der Waals surface area contributed by atoms with Gasteiger partial charge >= 0.3 is 0 Å². The van der Waals surface area contributed by atoms with Gasteiger partial charge in [0.25, 0.3) is 5.91 Å². The molecule has 0 N–H and O–H groups in total. The third kappa shape index (κ3) is 4.90. The molecule has 0 spiro atoms. The van der Waals surface area contributed by atoms with E-state index < -0.39 is 0 Å². The molecule has 144 valence electrons. The van der Waals surface area contributed by atoms with Crippen LogP contribution in [0.2, 0.25) is 0 Å². The summed E-state index contributed by atoms with van der Waals surface area (Å²) in [6.07, 6.45) is 5.15. The Hall–Kier alpha value is -2.76. The van der Waals surface area contributed by atoms with E-state index >= 15 is 0 Å². The van der Waals surface area contributed by atoms with Gasteiger partial charge in [-0.2, -0.15) is 0 Å². The fourth-order valence-corrected chi connectivity index (χ4v) is 3.15. The summed E-state index contributed by atoms with van der Waals surface area (Å²) in [4.78, 5) is 18.8. The minimum atomic E-state index is 0.0128. The SMILES string of the molecule is CCOc1ccc(C(=O)N2CCC(Oc3cccnc3)CC2)cc1OCC. The minimum absolute atomic E-state index is 0.0128. The number of nitrogens with zero attached hydrogens (tertiary/aromatic N) is 2. The minimum Gasteiger partial charge on any atom is -0.490 e. The molecular weight excluding hydrogens is 344 g/mol. The standard InChI is InChI=1S/C21H26N2O4/c1-3-25-19-8-7-16(14-20(19)26-4-2)21(24)23-12-9-17(10-13-23)27-18-6-5-11-22-15-18/h5-8,11,14-15,17H,3-4,9-10,12-13H2,1-2H3. The van der Waals surface area contributed by atoms with Crippen LogP contribution < -0.4 is 14.2 Å². The first-order valence-electron chi connectivity index (χ1n) is 9.46. The predicted molar refractivity (Wildman–Crippen MR) is 103 cm³/mol. The molecule has 0 unspecified atom stereocenters. The highest BCUT2D eigenvalue weighted by Gasteiger charge is 2.25. The van der Waals surface area contributed by atoms with Crippen molar-refractivity contribution in [1.29, 1.82) is 0 Å². The Labute approximate surface area is 160 Å². The second-order valence-corrected chi connectivity index (χ2v) is 6.33. The predicted octanol–water partition coefficient (Wildman–Crippen LogP) is 3.56. The maximum Gasteiger partial charge on any atom is 0.253 e. The third-order valence-electron chi connectivity index (χ3n) is 4.46. The van der Waals surface area contributed by atoms with E-state index in [1.165, 1.54) is 0 Å². The molecule has 1 amide bonds. The molecule has 0 bridgehead atoms. The van der Waals surface area contributed by atoms with Crippen LogP contribution in [0.3, 0.4) is 0 Å². The lowest BCUT2D eigenvalue weighted by atomic mass is 10.1. The van der Waals surface area contributed by atoms with Gasteiger partial charge in [-0.3, -0.25) is 9.78 Å². The monoisotopic (exact) mass is 370 g/mol. The fraction of sp³-hybridized carbons (Fsp3) is 0.429. The largest absolute Gasteiger partial charge is 0.490 e. The molecule has 1 aliphatic rings. The van der Waals surface area contributed by atoms with Crippen LogP contribution in [0.25, 0.3) is 0 Å². The van der Waals surface area contributed by atoms with Gasteiger partial charge in [0.05, 0.1) is 19.4 Å². The van der Waals surface area contributed by atoms with Crippen molar-refractivity contribution in [2.45, 2.75) is 32.8 Å². The zero-order chi connectivity index (χ0) is 19.1. The Balaban J connectivity index is 1.61. The molecule has 6 nitrogen and oxygen atoms in total. The van der Waals surface area contributed by atoms with Crippen molar-refractivity contribution in [3.8, 4) is 17.2 Å². The Morgan fingerprint density at radius 1 is 1.11 bits per heavy atom. The zero-order valence-electron chi connectivity index (χ0n) is 15.9. The number of pyridine rings is 1. The van der Waals surface area contributed by atoms with Crippen molar-refractivity contribution >= 4 is 5.91 Å². The highest BCUT2D eigenvalue weighted by atomic mass is 16.5. The van der Waals surface area contributed by atoms with Gasteiger partial charge in [0, 0.05) is 37.7 Å². The summed E-state index contributed by atoms with van der Waals surface area (Å²) in [6, 6.07) is 9.14. The first-order valence-corrected chi connectivity index (χ1v) is 9.46. The number of aromatic nitrogens is 1. The summed E-state index contributed by atoms with van der Waals surface area (Å²) >= 11 is 0. The summed E-state index contributed by atoms with van der Waals surface area (Å²) < 4.78 is 17.1. The topological polar surface area (TPSA) is 60.9 Å². The smallest absolute Gasteiger partial charge is 0.253 e. The van der Waals surface area contributed by atoms with Crippen LogP contribution in [-0.4, -0.2) is 48.2 Å². The molecule has 6 heteroatoms. The molecule has 2 aromatic rings. The molecule has 0 aliphatic carbocycles. The fourth-order valence-electron chi connectivity index (χ4n) is 3.15. The van der Waals surface area contributed by atoms with Crippen LogP contribution in [0.5, 0.6) is 17.2 Å². The first-order chi connectivity index (χ1) is 13.2. The number of amides is 1. The van der Waals surface area contributed by atoms with E-state index in [4.69, 9.17) is 14.2 Å². The Morgan fingerprint density at radius 2 is 1.85 bits per heavy atom. The Bertz CT molecular complexity index is 743. The molecule has 2 heterocycles. The lowest BCUT2D eigenvalue weighted by molar-refractivity contribution is 0.0594. The van der Waals surface area contributed by atoms with Gasteiger partial charge in [-0.05, 0) is 44.2 Å². The molecule has 1 saturated heterocycles. The van der Waals surface area contributed by atoms with E-state index in [1.807, 2.05) is 30.9 Å². The Morgan fingerprint density at radius 3 is 2.52 bits per heavy atom. The van der Waals surface area contributed by atoms with E-state index in [9.17, 15) is 4.79 Å². The highest BCUT2D eigenvalue weighted by Crippen LogP contribution is 2.29. The molecule has 1 aliphatic heterocycles. The second kappa shape index (κ2) is 9.26. The van der Waals surface area contributed by atoms with Crippen LogP contribution >= 0.6 is 0 Å². The van der Waals surface area contributed by atoms with Crippen LogP contribution in [-0.2, 0) is 0 Å². The molecule has 0 atom stereocenters. The highest BCUT2D eigenvalue weighted by molar-refractivity contribution is 5.95. The normalized spacial score (nSPS) is 14.7. The molecule has 1 fully saturated rings. The van der Waals surface area contributed by atoms with Gasteiger partial charge in [-0.25, -0.2) is 0 Å². The number of benzene rings is 1. The van der Waals surface area contributed by atoms with Gasteiger partial charge < -0.3 is 19.1 Å². The second-order valence-electron chi connectivity index (χ2n) is 6.33. The van der Waals surface area contributed by atoms with Gasteiger partial charge in [-0.1, -0.05) is 0 Å². The molecule has 1 aromatic heterocycles. The Kier molecular flexibility index (Phi) is 6.52. The summed E-state index contributed by atoms with van der Waals surface area (Å²) in [7, 11) is 0. The van der Waals surface area contributed by atoms with E-state index in [0.29, 0.717) is 43.4 Å².